The van der Waals surface area contributed by atoms with E-state index in [4.69, 9.17) is 9.47 Å². The second kappa shape index (κ2) is 5.21. The molecule has 5 heteroatoms. The lowest BCUT2D eigenvalue weighted by molar-refractivity contribution is 0.104. The van der Waals surface area contributed by atoms with Crippen molar-refractivity contribution in [1.29, 1.82) is 0 Å². The number of allylic oxidation sites excluding steroid dienone is 1. The second-order valence-corrected chi connectivity index (χ2v) is 4.36. The van der Waals surface area contributed by atoms with Crippen molar-refractivity contribution in [2.75, 3.05) is 6.79 Å². The van der Waals surface area contributed by atoms with Crippen LogP contribution in [0.25, 0.3) is 6.08 Å². The van der Waals surface area contributed by atoms with Gasteiger partial charge in [-0.05, 0) is 43.3 Å². The van der Waals surface area contributed by atoms with Crippen LogP contribution in [0.15, 0.2) is 36.5 Å². The van der Waals surface area contributed by atoms with Gasteiger partial charge < -0.3 is 9.47 Å². The van der Waals surface area contributed by atoms with E-state index in [1.165, 1.54) is 6.08 Å². The van der Waals surface area contributed by atoms with E-state index in [2.05, 4.69) is 5.10 Å². The van der Waals surface area contributed by atoms with Crippen LogP contribution < -0.4 is 9.47 Å². The van der Waals surface area contributed by atoms with E-state index in [1.54, 1.807) is 24.3 Å². The molecule has 0 spiro atoms. The number of hydrogen-bond acceptors (Lipinski definition) is 4. The van der Waals surface area contributed by atoms with Crippen LogP contribution in [-0.4, -0.2) is 22.4 Å². The third-order valence-corrected chi connectivity index (χ3v) is 3.05. The lowest BCUT2D eigenvalue weighted by atomic mass is 10.1. The highest BCUT2D eigenvalue weighted by Gasteiger charge is 2.15. The summed E-state index contributed by atoms with van der Waals surface area (Å²) in [6, 6.07) is 7.03. The molecule has 3 rings (SSSR count). The average Bonchev–Trinajstić information content (AvgIpc) is 3.12. The van der Waals surface area contributed by atoms with Crippen molar-refractivity contribution in [2.24, 2.45) is 0 Å². The Morgan fingerprint density at radius 3 is 3.00 bits per heavy atom. The Kier molecular flexibility index (Phi) is 3.25. The van der Waals surface area contributed by atoms with Crippen molar-refractivity contribution in [1.82, 2.24) is 9.78 Å². The molecule has 1 aliphatic heterocycles. The number of fused-ring (bicyclic) bond motifs is 1. The van der Waals surface area contributed by atoms with E-state index >= 15 is 0 Å². The number of benzene rings is 1. The Bertz CT molecular complexity index is 674. The summed E-state index contributed by atoms with van der Waals surface area (Å²) in [6.45, 7) is 3.03. The van der Waals surface area contributed by atoms with Gasteiger partial charge in [-0.25, -0.2) is 0 Å². The molecule has 0 amide bonds. The molecule has 0 aliphatic carbocycles. The molecule has 102 valence electrons. The largest absolute Gasteiger partial charge is 0.454 e. The van der Waals surface area contributed by atoms with Crippen LogP contribution in [0.4, 0.5) is 0 Å². The Morgan fingerprint density at radius 1 is 1.35 bits per heavy atom. The molecule has 1 aromatic carbocycles. The molecule has 1 aromatic heterocycles. The van der Waals surface area contributed by atoms with Crippen LogP contribution in [0.1, 0.15) is 23.0 Å². The average molecular weight is 270 g/mol. The summed E-state index contributed by atoms with van der Waals surface area (Å²) in [5.41, 5.74) is 1.33. The second-order valence-electron chi connectivity index (χ2n) is 4.36. The van der Waals surface area contributed by atoms with E-state index in [9.17, 15) is 4.79 Å². The van der Waals surface area contributed by atoms with Gasteiger partial charge in [-0.2, -0.15) is 5.10 Å². The smallest absolute Gasteiger partial charge is 0.231 e. The number of carbonyl (C=O) groups excluding carboxylic acids is 1. The lowest BCUT2D eigenvalue weighted by Crippen LogP contribution is -1.95. The first kappa shape index (κ1) is 12.5. The Hall–Kier alpha value is -2.56. The van der Waals surface area contributed by atoms with Crippen molar-refractivity contribution in [2.45, 2.75) is 13.5 Å². The molecular formula is C15H14N2O3. The maximum Gasteiger partial charge on any atom is 0.231 e. The number of hydrogen-bond donors (Lipinski definition) is 0. The zero-order chi connectivity index (χ0) is 13.9. The lowest BCUT2D eigenvalue weighted by Gasteiger charge is -1.98. The molecule has 0 atom stereocenters. The van der Waals surface area contributed by atoms with Crippen LogP contribution in [-0.2, 0) is 6.54 Å². The standard InChI is InChI=1S/C15H14N2O3/c1-2-17-8-7-12(16-17)4-5-13(18)11-3-6-14-15(9-11)20-10-19-14/h3-9H,2,10H2,1H3/b5-4+. The third-order valence-electron chi connectivity index (χ3n) is 3.05. The maximum absolute atomic E-state index is 12.1. The monoisotopic (exact) mass is 270 g/mol. The third kappa shape index (κ3) is 2.42. The van der Waals surface area contributed by atoms with Crippen LogP contribution in [0.5, 0.6) is 11.5 Å². The molecule has 5 nitrogen and oxygen atoms in total. The fourth-order valence-electron chi connectivity index (χ4n) is 1.95. The highest BCUT2D eigenvalue weighted by Crippen LogP contribution is 2.32. The quantitative estimate of drug-likeness (QED) is 0.633. The number of nitrogens with zero attached hydrogens (tertiary/aromatic N) is 2. The van der Waals surface area contributed by atoms with E-state index < -0.39 is 0 Å². The number of ether oxygens (including phenoxy) is 2. The molecule has 1 aliphatic rings. The highest BCUT2D eigenvalue weighted by molar-refractivity contribution is 6.07. The van der Waals surface area contributed by atoms with Gasteiger partial charge in [0.25, 0.3) is 0 Å². The summed E-state index contributed by atoms with van der Waals surface area (Å²) in [5, 5.41) is 4.29. The van der Waals surface area contributed by atoms with Gasteiger partial charge in [0.1, 0.15) is 0 Å². The first-order valence-corrected chi connectivity index (χ1v) is 6.42. The minimum Gasteiger partial charge on any atom is -0.454 e. The Balaban J connectivity index is 1.75. The van der Waals surface area contributed by atoms with Gasteiger partial charge in [0, 0.05) is 18.3 Å². The fourth-order valence-corrected chi connectivity index (χ4v) is 1.95. The molecule has 0 saturated carbocycles. The van der Waals surface area contributed by atoms with Crippen LogP contribution in [0, 0.1) is 0 Å². The molecule has 0 fully saturated rings. The zero-order valence-electron chi connectivity index (χ0n) is 11.1. The molecule has 0 bridgehead atoms. The maximum atomic E-state index is 12.1. The molecule has 0 radical (unpaired) electrons. The van der Waals surface area contributed by atoms with Crippen molar-refractivity contribution in [3.63, 3.8) is 0 Å². The first-order chi connectivity index (χ1) is 9.76. The van der Waals surface area contributed by atoms with Gasteiger partial charge in [0.05, 0.1) is 5.69 Å². The molecule has 0 N–H and O–H groups in total. The minimum absolute atomic E-state index is 0.0886. The summed E-state index contributed by atoms with van der Waals surface area (Å²) in [6.07, 6.45) is 5.10. The van der Waals surface area contributed by atoms with Gasteiger partial charge in [0.2, 0.25) is 6.79 Å². The summed E-state index contributed by atoms with van der Waals surface area (Å²) < 4.78 is 12.3. The molecule has 2 heterocycles. The number of aromatic nitrogens is 2. The van der Waals surface area contributed by atoms with Gasteiger partial charge in [-0.15, -0.1) is 0 Å². The van der Waals surface area contributed by atoms with Crippen molar-refractivity contribution in [3.8, 4) is 11.5 Å². The van der Waals surface area contributed by atoms with Crippen molar-refractivity contribution < 1.29 is 14.3 Å². The molecule has 0 saturated heterocycles. The molecule has 20 heavy (non-hydrogen) atoms. The van der Waals surface area contributed by atoms with Crippen molar-refractivity contribution in [3.05, 3.63) is 47.8 Å². The van der Waals surface area contributed by atoms with E-state index in [1.807, 2.05) is 23.9 Å². The van der Waals surface area contributed by atoms with E-state index in [0.29, 0.717) is 17.1 Å². The van der Waals surface area contributed by atoms with Gasteiger partial charge in [-0.3, -0.25) is 9.48 Å². The molecule has 0 unspecified atom stereocenters. The number of carbonyl (C=O) groups is 1. The summed E-state index contributed by atoms with van der Waals surface area (Å²) in [7, 11) is 0. The normalized spacial score (nSPS) is 13.1. The first-order valence-electron chi connectivity index (χ1n) is 6.42. The number of rotatable bonds is 4. The van der Waals surface area contributed by atoms with Crippen LogP contribution >= 0.6 is 0 Å². The summed E-state index contributed by atoms with van der Waals surface area (Å²) >= 11 is 0. The van der Waals surface area contributed by atoms with Crippen molar-refractivity contribution >= 4 is 11.9 Å². The van der Waals surface area contributed by atoms with Crippen LogP contribution in [0.2, 0.25) is 0 Å². The van der Waals surface area contributed by atoms with Gasteiger partial charge in [-0.1, -0.05) is 0 Å². The molecular weight excluding hydrogens is 256 g/mol. The topological polar surface area (TPSA) is 53.4 Å². The summed E-state index contributed by atoms with van der Waals surface area (Å²) in [4.78, 5) is 12.1. The predicted octanol–water partition coefficient (Wildman–Crippen LogP) is 2.53. The van der Waals surface area contributed by atoms with Crippen LogP contribution in [0.3, 0.4) is 0 Å². The SMILES string of the molecule is CCn1ccc(/C=C/C(=O)c2ccc3c(c2)OCO3)n1. The number of ketones is 1. The molecule has 2 aromatic rings. The highest BCUT2D eigenvalue weighted by atomic mass is 16.7. The minimum atomic E-state index is -0.0886. The predicted molar refractivity (Wildman–Crippen MR) is 73.8 cm³/mol. The number of aryl methyl sites for hydroxylation is 1. The van der Waals surface area contributed by atoms with E-state index in [-0.39, 0.29) is 12.6 Å². The fraction of sp³-hybridized carbons (Fsp3) is 0.200. The van der Waals surface area contributed by atoms with Gasteiger partial charge in [0.15, 0.2) is 17.3 Å². The zero-order valence-corrected chi connectivity index (χ0v) is 11.1. The Morgan fingerprint density at radius 2 is 2.20 bits per heavy atom. The summed E-state index contributed by atoms with van der Waals surface area (Å²) in [5.74, 6) is 1.20. The van der Waals surface area contributed by atoms with E-state index in [0.717, 1.165) is 12.2 Å². The Labute approximate surface area is 116 Å². The van der Waals surface area contributed by atoms with Gasteiger partial charge >= 0.3 is 0 Å².